The van der Waals surface area contributed by atoms with Crippen molar-refractivity contribution in [1.29, 1.82) is 0 Å². The first-order valence-corrected chi connectivity index (χ1v) is 27.7. The van der Waals surface area contributed by atoms with Crippen LogP contribution in [0.4, 0.5) is 0 Å². The molecule has 6 nitrogen and oxygen atoms in total. The Morgan fingerprint density at radius 3 is 0.970 bits per heavy atom. The van der Waals surface area contributed by atoms with Crippen molar-refractivity contribution in [2.75, 3.05) is 13.2 Å². The minimum Gasteiger partial charge on any atom is -0.462 e. The van der Waals surface area contributed by atoms with Gasteiger partial charge in [0.25, 0.3) is 0 Å². The van der Waals surface area contributed by atoms with Gasteiger partial charge >= 0.3 is 17.9 Å². The number of carbonyl (C=O) groups excluding carboxylic acids is 3. The quantitative estimate of drug-likeness (QED) is 0.0262. The van der Waals surface area contributed by atoms with Gasteiger partial charge in [-0.05, 0) is 116 Å². The van der Waals surface area contributed by atoms with Crippen LogP contribution in [0.25, 0.3) is 0 Å². The summed E-state index contributed by atoms with van der Waals surface area (Å²) in [5, 5.41) is 0. The molecular formula is C61H102O6. The van der Waals surface area contributed by atoms with Crippen LogP contribution < -0.4 is 0 Å². The van der Waals surface area contributed by atoms with Crippen LogP contribution in [0.3, 0.4) is 0 Å². The van der Waals surface area contributed by atoms with E-state index in [9.17, 15) is 14.4 Å². The molecule has 0 fully saturated rings. The maximum atomic E-state index is 12.8. The largest absolute Gasteiger partial charge is 0.462 e. The predicted octanol–water partition coefficient (Wildman–Crippen LogP) is 18.5. The van der Waals surface area contributed by atoms with Crippen LogP contribution in [-0.4, -0.2) is 37.2 Å². The molecule has 0 N–H and O–H groups in total. The van der Waals surface area contributed by atoms with Crippen LogP contribution in [-0.2, 0) is 28.6 Å². The minimum atomic E-state index is -0.818. The standard InChI is InChI=1S/C61H102O6/c1-4-7-10-13-16-19-22-25-28-29-30-31-34-36-39-42-45-48-51-54-60(63)66-57-58(67-61(64)55-52-49-46-43-40-37-33-27-24-21-18-15-12-9-6-3)56-65-59(62)53-50-47-44-41-38-35-32-26-23-20-17-14-11-8-5-2/h16-17,19-20,25-28,30-33,36,39,45,48,58H,4-15,18,21-24,29,34-35,37-38,40-44,46-47,49-57H2,1-3H3/b19-16-,20-17-,28-25-,31-30-,32-26-,33-27-,39-36-,48-45-/t58-/m0/s1. The number of ether oxygens (including phenoxy) is 3. The van der Waals surface area contributed by atoms with Crippen molar-refractivity contribution in [2.24, 2.45) is 0 Å². The molecular weight excluding hydrogens is 829 g/mol. The number of hydrogen-bond acceptors (Lipinski definition) is 6. The monoisotopic (exact) mass is 931 g/mol. The summed E-state index contributed by atoms with van der Waals surface area (Å²) in [6.45, 7) is 6.49. The molecule has 6 heteroatoms. The maximum Gasteiger partial charge on any atom is 0.306 e. The van der Waals surface area contributed by atoms with E-state index in [1.165, 1.54) is 103 Å². The van der Waals surface area contributed by atoms with Crippen molar-refractivity contribution >= 4 is 17.9 Å². The molecule has 0 amide bonds. The van der Waals surface area contributed by atoms with Crippen LogP contribution in [0, 0.1) is 0 Å². The summed E-state index contributed by atoms with van der Waals surface area (Å²) in [6, 6.07) is 0. The van der Waals surface area contributed by atoms with Crippen LogP contribution >= 0.6 is 0 Å². The molecule has 0 saturated heterocycles. The summed E-state index contributed by atoms with van der Waals surface area (Å²) >= 11 is 0. The maximum absolute atomic E-state index is 12.8. The zero-order valence-corrected chi connectivity index (χ0v) is 43.6. The summed E-state index contributed by atoms with van der Waals surface area (Å²) in [6.07, 6.45) is 72.6. The molecule has 0 spiro atoms. The average Bonchev–Trinajstić information content (AvgIpc) is 3.33. The van der Waals surface area contributed by atoms with Crippen LogP contribution in [0.15, 0.2) is 97.2 Å². The lowest BCUT2D eigenvalue weighted by Gasteiger charge is -2.18. The highest BCUT2D eigenvalue weighted by Gasteiger charge is 2.19. The highest BCUT2D eigenvalue weighted by molar-refractivity contribution is 5.71. The van der Waals surface area contributed by atoms with Gasteiger partial charge in [-0.25, -0.2) is 0 Å². The zero-order valence-electron chi connectivity index (χ0n) is 43.6. The lowest BCUT2D eigenvalue weighted by Crippen LogP contribution is -2.30. The third kappa shape index (κ3) is 53.2. The molecule has 0 aliphatic rings. The summed E-state index contributed by atoms with van der Waals surface area (Å²) < 4.78 is 16.8. The molecule has 0 saturated carbocycles. The molecule has 0 aliphatic heterocycles. The Hall–Kier alpha value is -3.67. The normalized spacial score (nSPS) is 12.8. The van der Waals surface area contributed by atoms with Crippen molar-refractivity contribution < 1.29 is 28.6 Å². The molecule has 0 radical (unpaired) electrons. The Morgan fingerprint density at radius 2 is 0.567 bits per heavy atom. The molecule has 0 bridgehead atoms. The first-order chi connectivity index (χ1) is 33.0. The van der Waals surface area contributed by atoms with Gasteiger partial charge in [-0.15, -0.1) is 0 Å². The molecule has 0 aromatic rings. The van der Waals surface area contributed by atoms with Gasteiger partial charge in [-0.1, -0.05) is 214 Å². The first-order valence-electron chi connectivity index (χ1n) is 27.7. The molecule has 0 rings (SSSR count). The molecule has 0 unspecified atom stereocenters. The highest BCUT2D eigenvalue weighted by Crippen LogP contribution is 2.13. The number of esters is 3. The van der Waals surface area contributed by atoms with E-state index < -0.39 is 6.10 Å². The van der Waals surface area contributed by atoms with Crippen molar-refractivity contribution in [2.45, 2.75) is 258 Å². The van der Waals surface area contributed by atoms with Crippen molar-refractivity contribution in [3.8, 4) is 0 Å². The zero-order chi connectivity index (χ0) is 48.6. The second kappa shape index (κ2) is 54.9. The van der Waals surface area contributed by atoms with E-state index in [4.69, 9.17) is 14.2 Å². The second-order valence-corrected chi connectivity index (χ2v) is 18.1. The number of unbranched alkanes of at least 4 members (excludes halogenated alkanes) is 22. The van der Waals surface area contributed by atoms with Crippen LogP contribution in [0.2, 0.25) is 0 Å². The van der Waals surface area contributed by atoms with Crippen molar-refractivity contribution in [3.63, 3.8) is 0 Å². The molecule has 0 aromatic heterocycles. The Labute approximate surface area is 413 Å². The van der Waals surface area contributed by atoms with E-state index in [2.05, 4.69) is 112 Å². The second-order valence-electron chi connectivity index (χ2n) is 18.1. The topological polar surface area (TPSA) is 78.9 Å². The Bertz CT molecular complexity index is 1350. The Kier molecular flexibility index (Phi) is 51.9. The number of hydrogen-bond donors (Lipinski definition) is 0. The van der Waals surface area contributed by atoms with Gasteiger partial charge < -0.3 is 14.2 Å². The van der Waals surface area contributed by atoms with E-state index >= 15 is 0 Å². The molecule has 382 valence electrons. The number of carbonyl (C=O) groups is 3. The Morgan fingerprint density at radius 1 is 0.299 bits per heavy atom. The van der Waals surface area contributed by atoms with Gasteiger partial charge in [0.1, 0.15) is 13.2 Å². The SMILES string of the molecule is CCCCC/C=C\C/C=C\C/C=C\C/C=C\C/C=C\CCC(=O)OC[C@H](COC(=O)CCCCCCC/C=C\C/C=C\CCCCC)OC(=O)CCCCCCC/C=C\CCCCCCCC. The van der Waals surface area contributed by atoms with E-state index in [1.54, 1.807) is 0 Å². The fourth-order valence-corrected chi connectivity index (χ4v) is 7.33. The average molecular weight is 931 g/mol. The van der Waals surface area contributed by atoms with Gasteiger partial charge in [0.05, 0.1) is 0 Å². The van der Waals surface area contributed by atoms with Gasteiger partial charge in [0.15, 0.2) is 6.10 Å². The third-order valence-corrected chi connectivity index (χ3v) is 11.5. The van der Waals surface area contributed by atoms with E-state index in [-0.39, 0.29) is 37.5 Å². The van der Waals surface area contributed by atoms with E-state index in [0.29, 0.717) is 19.3 Å². The van der Waals surface area contributed by atoms with Crippen molar-refractivity contribution in [3.05, 3.63) is 97.2 Å². The lowest BCUT2D eigenvalue weighted by atomic mass is 10.1. The minimum absolute atomic E-state index is 0.112. The summed E-state index contributed by atoms with van der Waals surface area (Å²) in [5.74, 6) is -1.02. The summed E-state index contributed by atoms with van der Waals surface area (Å²) in [7, 11) is 0. The number of allylic oxidation sites excluding steroid dienone is 16. The highest BCUT2D eigenvalue weighted by atomic mass is 16.6. The molecule has 0 aromatic carbocycles. The van der Waals surface area contributed by atoms with Gasteiger partial charge in [-0.2, -0.15) is 0 Å². The first kappa shape index (κ1) is 63.3. The van der Waals surface area contributed by atoms with Gasteiger partial charge in [0, 0.05) is 19.3 Å². The molecule has 67 heavy (non-hydrogen) atoms. The fraction of sp³-hybridized carbons (Fsp3) is 0.689. The van der Waals surface area contributed by atoms with Crippen LogP contribution in [0.1, 0.15) is 252 Å². The summed E-state index contributed by atoms with van der Waals surface area (Å²) in [5.41, 5.74) is 0. The third-order valence-electron chi connectivity index (χ3n) is 11.5. The summed E-state index contributed by atoms with van der Waals surface area (Å²) in [4.78, 5) is 38.1. The van der Waals surface area contributed by atoms with Crippen molar-refractivity contribution in [1.82, 2.24) is 0 Å². The van der Waals surface area contributed by atoms with Gasteiger partial charge in [0.2, 0.25) is 0 Å². The van der Waals surface area contributed by atoms with Gasteiger partial charge in [-0.3, -0.25) is 14.4 Å². The molecule has 0 aliphatic carbocycles. The van der Waals surface area contributed by atoms with E-state index in [1.807, 2.05) is 6.08 Å². The number of rotatable bonds is 49. The Balaban J connectivity index is 4.54. The van der Waals surface area contributed by atoms with Crippen LogP contribution in [0.5, 0.6) is 0 Å². The predicted molar refractivity (Wildman–Crippen MR) is 288 cm³/mol. The molecule has 0 heterocycles. The fourth-order valence-electron chi connectivity index (χ4n) is 7.33. The smallest absolute Gasteiger partial charge is 0.306 e. The molecule has 1 atom stereocenters. The van der Waals surface area contributed by atoms with E-state index in [0.717, 1.165) is 103 Å². The lowest BCUT2D eigenvalue weighted by molar-refractivity contribution is -0.166.